The Balaban J connectivity index is 0.000000233. The zero-order valence-corrected chi connectivity index (χ0v) is 16.4. The van der Waals surface area contributed by atoms with E-state index in [4.69, 9.17) is 22.4 Å². The van der Waals surface area contributed by atoms with Crippen molar-refractivity contribution in [3.8, 4) is 0 Å². The molecule has 152 valence electrons. The first-order valence-electron chi connectivity index (χ1n) is 8.64. The fraction of sp³-hybridized carbons (Fsp3) is 0.368. The summed E-state index contributed by atoms with van der Waals surface area (Å²) in [6.45, 7) is 2.66. The first-order valence-corrected chi connectivity index (χ1v) is 9.02. The zero-order valence-electron chi connectivity index (χ0n) is 15.7. The average molecular weight is 409 g/mol. The number of hydrogen-bond acceptors (Lipinski definition) is 7. The number of fused-ring (bicyclic) bond motifs is 1. The lowest BCUT2D eigenvalue weighted by Gasteiger charge is -2.30. The topological polar surface area (TPSA) is 149 Å². The Bertz CT molecular complexity index is 916. The molecule has 9 heteroatoms. The van der Waals surface area contributed by atoms with Gasteiger partial charge in [-0.1, -0.05) is 23.7 Å². The van der Waals surface area contributed by atoms with Gasteiger partial charge in [0.2, 0.25) is 0 Å². The van der Waals surface area contributed by atoms with Crippen LogP contribution in [-0.2, 0) is 0 Å². The first kappa shape index (κ1) is 22.1. The van der Waals surface area contributed by atoms with E-state index in [2.05, 4.69) is 15.0 Å². The summed E-state index contributed by atoms with van der Waals surface area (Å²) in [6.07, 6.45) is 0.880. The predicted molar refractivity (Wildman–Crippen MR) is 108 cm³/mol. The number of nitrogens with zero attached hydrogens (tertiary/aromatic N) is 2. The molecule has 0 aliphatic rings. The molecule has 0 spiro atoms. The van der Waals surface area contributed by atoms with Crippen LogP contribution in [0.2, 0.25) is 5.02 Å². The number of hydrogen-bond donors (Lipinski definition) is 6. The fourth-order valence-electron chi connectivity index (χ4n) is 2.55. The van der Waals surface area contributed by atoms with Gasteiger partial charge >= 0.3 is 0 Å². The Morgan fingerprint density at radius 3 is 2.57 bits per heavy atom. The highest BCUT2D eigenvalue weighted by molar-refractivity contribution is 6.31. The molecule has 2 heterocycles. The molecule has 2 unspecified atom stereocenters. The van der Waals surface area contributed by atoms with Gasteiger partial charge in [-0.25, -0.2) is 9.97 Å². The normalized spacial score (nSPS) is 15.4. The van der Waals surface area contributed by atoms with Crippen molar-refractivity contribution in [1.82, 2.24) is 15.0 Å². The number of rotatable bonds is 5. The van der Waals surface area contributed by atoms with E-state index in [-0.39, 0.29) is 6.42 Å². The van der Waals surface area contributed by atoms with E-state index in [1.165, 1.54) is 13.3 Å². The number of aliphatic hydroxyl groups excluding tert-OH is 3. The minimum atomic E-state index is -1.56. The average Bonchev–Trinajstić information content (AvgIpc) is 3.13. The standard InChI is InChI=1S/C13H19ClO4.C6H6N4/c1-8-3-4-9(5-10(8)14)11(16)6-13(2,18)12(17)7-15;7-5-4-1-2-8-6(4)10-3-9-5/h3-5,11-12,15-18H,6-7H2,1-2H3;1-3H,(H3,7,8,9,10)/t11?,12?,13-;/m1./s1. The number of nitrogen functional groups attached to an aromatic ring is 1. The predicted octanol–water partition coefficient (Wildman–Crippen LogP) is 1.72. The third-order valence-electron chi connectivity index (χ3n) is 4.46. The lowest BCUT2D eigenvalue weighted by molar-refractivity contribution is -0.104. The van der Waals surface area contributed by atoms with Crippen LogP contribution >= 0.6 is 11.6 Å². The molecule has 0 saturated carbocycles. The highest BCUT2D eigenvalue weighted by Crippen LogP contribution is 2.28. The molecule has 3 aromatic rings. The lowest BCUT2D eigenvalue weighted by atomic mass is 9.89. The summed E-state index contributed by atoms with van der Waals surface area (Å²) in [5.74, 6) is 0.520. The Labute approximate surface area is 167 Å². The van der Waals surface area contributed by atoms with Gasteiger partial charge in [0.1, 0.15) is 23.9 Å². The minimum absolute atomic E-state index is 0.0892. The Hall–Kier alpha value is -2.23. The molecule has 28 heavy (non-hydrogen) atoms. The maximum Gasteiger partial charge on any atom is 0.142 e. The molecule has 0 saturated heterocycles. The van der Waals surface area contributed by atoms with Gasteiger partial charge < -0.3 is 31.1 Å². The summed E-state index contributed by atoms with van der Waals surface area (Å²) < 4.78 is 0. The second kappa shape index (κ2) is 9.31. The van der Waals surface area contributed by atoms with Gasteiger partial charge in [-0.2, -0.15) is 0 Å². The van der Waals surface area contributed by atoms with Crippen molar-refractivity contribution in [2.24, 2.45) is 0 Å². The first-order chi connectivity index (χ1) is 13.2. The molecule has 2 aromatic heterocycles. The van der Waals surface area contributed by atoms with Crippen molar-refractivity contribution in [2.45, 2.75) is 38.1 Å². The molecule has 3 atom stereocenters. The second-order valence-electron chi connectivity index (χ2n) is 6.78. The van der Waals surface area contributed by atoms with E-state index in [1.54, 1.807) is 24.4 Å². The van der Waals surface area contributed by atoms with Crippen LogP contribution < -0.4 is 5.73 Å². The third-order valence-corrected chi connectivity index (χ3v) is 4.87. The van der Waals surface area contributed by atoms with Crippen LogP contribution in [-0.4, -0.2) is 53.7 Å². The van der Waals surface area contributed by atoms with E-state index in [0.29, 0.717) is 16.4 Å². The van der Waals surface area contributed by atoms with Gasteiger partial charge in [-0.05, 0) is 37.1 Å². The van der Waals surface area contributed by atoms with E-state index in [9.17, 15) is 15.3 Å². The summed E-state index contributed by atoms with van der Waals surface area (Å²) in [7, 11) is 0. The second-order valence-corrected chi connectivity index (χ2v) is 7.19. The molecule has 0 radical (unpaired) electrons. The van der Waals surface area contributed by atoms with Crippen LogP contribution in [0.25, 0.3) is 11.0 Å². The summed E-state index contributed by atoms with van der Waals surface area (Å²) >= 11 is 5.96. The number of anilines is 1. The molecule has 0 aliphatic heterocycles. The van der Waals surface area contributed by atoms with Crippen LogP contribution in [0.5, 0.6) is 0 Å². The van der Waals surface area contributed by atoms with Crippen LogP contribution in [0.1, 0.15) is 30.6 Å². The lowest BCUT2D eigenvalue weighted by Crippen LogP contribution is -2.42. The fourth-order valence-corrected chi connectivity index (χ4v) is 2.74. The number of aryl methyl sites for hydroxylation is 1. The van der Waals surface area contributed by atoms with Crippen molar-refractivity contribution >= 4 is 28.5 Å². The van der Waals surface area contributed by atoms with Crippen LogP contribution in [0, 0.1) is 6.92 Å². The molecular weight excluding hydrogens is 384 g/mol. The molecule has 8 nitrogen and oxygen atoms in total. The Kier molecular flexibility index (Phi) is 7.34. The molecule has 0 bridgehead atoms. The van der Waals surface area contributed by atoms with Crippen LogP contribution in [0.15, 0.2) is 36.8 Å². The van der Waals surface area contributed by atoms with Crippen molar-refractivity contribution in [1.29, 1.82) is 0 Å². The molecule has 1 aromatic carbocycles. The number of aliphatic hydroxyl groups is 4. The van der Waals surface area contributed by atoms with Crippen molar-refractivity contribution in [2.75, 3.05) is 12.3 Å². The Morgan fingerprint density at radius 1 is 1.25 bits per heavy atom. The van der Waals surface area contributed by atoms with Gasteiger partial charge in [0.15, 0.2) is 0 Å². The van der Waals surface area contributed by atoms with Gasteiger partial charge in [0.05, 0.1) is 23.7 Å². The highest BCUT2D eigenvalue weighted by atomic mass is 35.5. The van der Waals surface area contributed by atoms with E-state index >= 15 is 0 Å². The largest absolute Gasteiger partial charge is 0.394 e. The maximum absolute atomic E-state index is 10.0. The van der Waals surface area contributed by atoms with Crippen molar-refractivity contribution in [3.63, 3.8) is 0 Å². The summed E-state index contributed by atoms with van der Waals surface area (Å²) in [5, 5.41) is 39.6. The van der Waals surface area contributed by atoms with Gasteiger partial charge in [0.25, 0.3) is 0 Å². The molecule has 7 N–H and O–H groups in total. The zero-order chi connectivity index (χ0) is 20.9. The number of nitrogens with one attached hydrogen (secondary N) is 1. The molecule has 3 rings (SSSR count). The number of aromatic amines is 1. The highest BCUT2D eigenvalue weighted by Gasteiger charge is 2.32. The monoisotopic (exact) mass is 408 g/mol. The van der Waals surface area contributed by atoms with Gasteiger partial charge in [-0.15, -0.1) is 0 Å². The summed E-state index contributed by atoms with van der Waals surface area (Å²) in [6, 6.07) is 6.97. The summed E-state index contributed by atoms with van der Waals surface area (Å²) in [5.41, 5.74) is 6.21. The van der Waals surface area contributed by atoms with Gasteiger partial charge in [0, 0.05) is 17.6 Å². The van der Waals surface area contributed by atoms with Gasteiger partial charge in [-0.3, -0.25) is 0 Å². The number of H-pyrrole nitrogens is 1. The van der Waals surface area contributed by atoms with Crippen molar-refractivity contribution in [3.05, 3.63) is 52.9 Å². The Morgan fingerprint density at radius 2 is 1.96 bits per heavy atom. The quantitative estimate of drug-likeness (QED) is 0.376. The van der Waals surface area contributed by atoms with Crippen LogP contribution in [0.4, 0.5) is 5.82 Å². The third kappa shape index (κ3) is 5.40. The SMILES string of the molecule is Cc1ccc(C(O)C[C@@](C)(O)C(O)CO)cc1Cl.Nc1ncnc2[nH]ccc12. The van der Waals surface area contributed by atoms with E-state index in [1.807, 2.05) is 13.0 Å². The molecular formula is C19H25ClN4O4. The number of nitrogens with two attached hydrogens (primary N) is 1. The molecule has 0 amide bonds. The number of halogens is 1. The summed E-state index contributed by atoms with van der Waals surface area (Å²) in [4.78, 5) is 10.7. The number of aromatic nitrogens is 3. The van der Waals surface area contributed by atoms with Crippen molar-refractivity contribution < 1.29 is 20.4 Å². The number of benzene rings is 1. The maximum atomic E-state index is 10.0. The smallest absolute Gasteiger partial charge is 0.142 e. The molecule has 0 aliphatic carbocycles. The minimum Gasteiger partial charge on any atom is -0.394 e. The molecule has 0 fully saturated rings. The van der Waals surface area contributed by atoms with E-state index < -0.39 is 24.4 Å². The van der Waals surface area contributed by atoms with Crippen LogP contribution in [0.3, 0.4) is 0 Å². The van der Waals surface area contributed by atoms with E-state index in [0.717, 1.165) is 16.6 Å².